The third-order valence-electron chi connectivity index (χ3n) is 6.40. The zero-order valence-electron chi connectivity index (χ0n) is 36.7. The van der Waals surface area contributed by atoms with E-state index in [1.807, 2.05) is 0 Å². The average molecular weight is 787 g/mol. The van der Waals surface area contributed by atoms with Gasteiger partial charge in [-0.3, -0.25) is 0 Å². The zero-order chi connectivity index (χ0) is 43.5. The molecule has 15 nitrogen and oxygen atoms in total. The van der Waals surface area contributed by atoms with Crippen molar-refractivity contribution in [2.75, 3.05) is 6.61 Å². The second kappa shape index (κ2) is 19.8. The van der Waals surface area contributed by atoms with Gasteiger partial charge in [0.1, 0.15) is 45.7 Å². The first-order valence-electron chi connectivity index (χ1n) is 18.7. The number of carbonyl (C=O) groups is 6. The Morgan fingerprint density at radius 1 is 0.473 bits per heavy atom. The van der Waals surface area contributed by atoms with E-state index in [0.29, 0.717) is 15.4 Å². The van der Waals surface area contributed by atoms with E-state index in [1.165, 1.54) is 0 Å². The third-order valence-corrected chi connectivity index (χ3v) is 6.40. The normalized spacial score (nSPS) is 14.2. The molecule has 0 aromatic carbocycles. The molecule has 0 radical (unpaired) electrons. The molecule has 0 bridgehead atoms. The Kier molecular flexibility index (Phi) is 18.4. The van der Waals surface area contributed by atoms with Crippen molar-refractivity contribution in [3.05, 3.63) is 11.6 Å². The molecule has 0 aromatic rings. The van der Waals surface area contributed by atoms with Gasteiger partial charge in [-0.05, 0) is 162 Å². The largest absolute Gasteiger partial charge is 0.458 e. The minimum Gasteiger partial charge on any atom is -0.458 e. The highest BCUT2D eigenvalue weighted by molar-refractivity contribution is 5.95. The number of ether oxygens (including phenoxy) is 6. The standard InChI is InChI=1S/C40H70N2O13/c1-35(2,3)50-29(44)27(41(31(46)52-37(7,8)9)32(47)53-38(10,11)12)22-20-19-21-26(25-43)23-24-28(30(45)51-36(4,5)6)42(33(48)54-39(13,14)15)34(49)55-40(16,17)18/h21,27-28,43H,19-20,22-25H2,1-18H3/b26-21+/t27-,28-/m0/s1. The molecule has 0 saturated heterocycles. The van der Waals surface area contributed by atoms with Gasteiger partial charge in [0.15, 0.2) is 0 Å². The summed E-state index contributed by atoms with van der Waals surface area (Å²) < 4.78 is 33.2. The van der Waals surface area contributed by atoms with Gasteiger partial charge in [0.2, 0.25) is 0 Å². The molecule has 0 heterocycles. The fraction of sp³-hybridized carbons (Fsp3) is 0.800. The number of nitrogens with zero attached hydrogens (tertiary/aromatic N) is 2. The monoisotopic (exact) mass is 786 g/mol. The number of carbonyl (C=O) groups excluding carboxylic acids is 6. The van der Waals surface area contributed by atoms with Crippen molar-refractivity contribution in [3.8, 4) is 0 Å². The molecule has 1 N–H and O–H groups in total. The van der Waals surface area contributed by atoms with Gasteiger partial charge in [-0.15, -0.1) is 0 Å². The summed E-state index contributed by atoms with van der Waals surface area (Å²) in [7, 11) is 0. The molecule has 2 atom stereocenters. The maximum atomic E-state index is 13.6. The molecule has 318 valence electrons. The molecule has 0 aliphatic rings. The summed E-state index contributed by atoms with van der Waals surface area (Å²) in [5.74, 6) is -1.73. The number of hydrogen-bond acceptors (Lipinski definition) is 13. The molecule has 0 spiro atoms. The lowest BCUT2D eigenvalue weighted by Crippen LogP contribution is -2.53. The Bertz CT molecular complexity index is 1310. The van der Waals surface area contributed by atoms with E-state index in [1.54, 1.807) is 131 Å². The zero-order valence-corrected chi connectivity index (χ0v) is 36.7. The van der Waals surface area contributed by atoms with Gasteiger partial charge in [0.05, 0.1) is 6.61 Å². The van der Waals surface area contributed by atoms with Gasteiger partial charge in [0, 0.05) is 0 Å². The smallest absolute Gasteiger partial charge is 0.420 e. The van der Waals surface area contributed by atoms with E-state index in [0.717, 1.165) is 0 Å². The Hall–Kier alpha value is -3.88. The minimum absolute atomic E-state index is 0.0277. The van der Waals surface area contributed by atoms with Gasteiger partial charge < -0.3 is 33.5 Å². The summed E-state index contributed by atoms with van der Waals surface area (Å²) in [4.78, 5) is 82.1. The summed E-state index contributed by atoms with van der Waals surface area (Å²) in [5.41, 5.74) is -5.55. The van der Waals surface area contributed by atoms with Crippen LogP contribution in [0, 0.1) is 0 Å². The summed E-state index contributed by atoms with van der Waals surface area (Å²) in [5, 5.41) is 10.3. The Morgan fingerprint density at radius 3 is 1.00 bits per heavy atom. The van der Waals surface area contributed by atoms with Crippen LogP contribution in [-0.4, -0.2) is 104 Å². The van der Waals surface area contributed by atoms with E-state index in [-0.39, 0.29) is 32.1 Å². The maximum absolute atomic E-state index is 13.6. The lowest BCUT2D eigenvalue weighted by atomic mass is 10.0. The number of aliphatic hydroxyl groups is 1. The first-order chi connectivity index (χ1) is 24.4. The molecule has 0 saturated carbocycles. The summed E-state index contributed by atoms with van der Waals surface area (Å²) >= 11 is 0. The molecule has 0 aromatic heterocycles. The number of imide groups is 2. The van der Waals surface area contributed by atoms with Gasteiger partial charge in [-0.2, -0.15) is 9.80 Å². The number of aliphatic hydroxyl groups excluding tert-OH is 1. The maximum Gasteiger partial charge on any atom is 0.420 e. The molecule has 55 heavy (non-hydrogen) atoms. The Labute approximate surface area is 328 Å². The molecule has 0 aliphatic heterocycles. The second-order valence-corrected chi connectivity index (χ2v) is 19.2. The highest BCUT2D eigenvalue weighted by atomic mass is 16.6. The van der Waals surface area contributed by atoms with E-state index < -0.39 is 88.6 Å². The second-order valence-electron chi connectivity index (χ2n) is 19.2. The van der Waals surface area contributed by atoms with Crippen LogP contribution in [0.4, 0.5) is 19.2 Å². The van der Waals surface area contributed by atoms with Crippen molar-refractivity contribution in [2.24, 2.45) is 0 Å². The first kappa shape index (κ1) is 51.1. The fourth-order valence-corrected chi connectivity index (χ4v) is 4.53. The Balaban J connectivity index is 6.67. The van der Waals surface area contributed by atoms with E-state index >= 15 is 0 Å². The predicted molar refractivity (Wildman–Crippen MR) is 206 cm³/mol. The number of rotatable bonds is 12. The van der Waals surface area contributed by atoms with Gasteiger partial charge in [-0.25, -0.2) is 28.8 Å². The van der Waals surface area contributed by atoms with Crippen molar-refractivity contribution in [1.82, 2.24) is 9.80 Å². The molecular formula is C40H70N2O13. The number of hydrogen-bond donors (Lipinski definition) is 1. The molecular weight excluding hydrogens is 716 g/mol. The van der Waals surface area contributed by atoms with Crippen LogP contribution in [0.3, 0.4) is 0 Å². The van der Waals surface area contributed by atoms with Crippen molar-refractivity contribution >= 4 is 36.3 Å². The first-order valence-corrected chi connectivity index (χ1v) is 18.7. The van der Waals surface area contributed by atoms with Crippen LogP contribution in [0.25, 0.3) is 0 Å². The summed E-state index contributed by atoms with van der Waals surface area (Å²) in [6, 6.07) is -2.92. The SMILES string of the molecule is CC(C)(C)OC(=O)[C@H](CCC/C=C(/CO)CC[C@@H](C(=O)OC(C)(C)C)N(C(=O)OC(C)(C)C)C(=O)OC(C)(C)C)N(C(=O)OC(C)(C)C)C(=O)OC(C)(C)C. The number of allylic oxidation sites excluding steroid dienone is 1. The minimum atomic E-state index is -1.49. The van der Waals surface area contributed by atoms with Crippen LogP contribution in [0.5, 0.6) is 0 Å². The van der Waals surface area contributed by atoms with E-state index in [4.69, 9.17) is 28.4 Å². The van der Waals surface area contributed by atoms with Crippen LogP contribution < -0.4 is 0 Å². The van der Waals surface area contributed by atoms with Crippen LogP contribution >= 0.6 is 0 Å². The van der Waals surface area contributed by atoms with Crippen molar-refractivity contribution in [2.45, 2.75) is 202 Å². The van der Waals surface area contributed by atoms with Crippen molar-refractivity contribution in [1.29, 1.82) is 0 Å². The van der Waals surface area contributed by atoms with E-state index in [9.17, 15) is 33.9 Å². The quantitative estimate of drug-likeness (QED) is 0.0859. The molecule has 0 fully saturated rings. The predicted octanol–water partition coefficient (Wildman–Crippen LogP) is 8.62. The highest BCUT2D eigenvalue weighted by Gasteiger charge is 2.43. The van der Waals surface area contributed by atoms with Crippen LogP contribution in [0.15, 0.2) is 11.6 Å². The molecule has 0 unspecified atom stereocenters. The number of esters is 2. The third kappa shape index (κ3) is 22.3. The molecule has 0 aliphatic carbocycles. The lowest BCUT2D eigenvalue weighted by Gasteiger charge is -2.34. The highest BCUT2D eigenvalue weighted by Crippen LogP contribution is 2.25. The summed E-state index contributed by atoms with van der Waals surface area (Å²) in [6.45, 7) is 28.8. The van der Waals surface area contributed by atoms with Crippen molar-refractivity contribution < 1.29 is 62.3 Å². The average Bonchev–Trinajstić information content (AvgIpc) is 2.89. The van der Waals surface area contributed by atoms with Crippen molar-refractivity contribution in [3.63, 3.8) is 0 Å². The topological polar surface area (TPSA) is 185 Å². The van der Waals surface area contributed by atoms with E-state index in [2.05, 4.69) is 0 Å². The molecule has 0 rings (SSSR count). The number of unbranched alkanes of at least 4 members (excludes halogenated alkanes) is 1. The fourth-order valence-electron chi connectivity index (χ4n) is 4.53. The van der Waals surface area contributed by atoms with Gasteiger partial charge >= 0.3 is 36.3 Å². The molecule has 4 amide bonds. The van der Waals surface area contributed by atoms with Crippen LogP contribution in [-0.2, 0) is 38.0 Å². The van der Waals surface area contributed by atoms with Crippen LogP contribution in [0.2, 0.25) is 0 Å². The van der Waals surface area contributed by atoms with Gasteiger partial charge in [0.25, 0.3) is 0 Å². The van der Waals surface area contributed by atoms with Crippen LogP contribution in [0.1, 0.15) is 157 Å². The molecule has 15 heteroatoms. The lowest BCUT2D eigenvalue weighted by molar-refractivity contribution is -0.162. The number of amides is 4. The van der Waals surface area contributed by atoms with Gasteiger partial charge in [-0.1, -0.05) is 6.08 Å². The Morgan fingerprint density at radius 2 is 0.745 bits per heavy atom. The summed E-state index contributed by atoms with van der Waals surface area (Å²) in [6.07, 6.45) is -2.46.